The fourth-order valence-electron chi connectivity index (χ4n) is 5.59. The molecule has 0 fully saturated rings. The van der Waals surface area contributed by atoms with Gasteiger partial charge < -0.3 is 25.0 Å². The molecule has 0 radical (unpaired) electrons. The molecule has 0 bridgehead atoms. The van der Waals surface area contributed by atoms with Crippen LogP contribution < -0.4 is 5.32 Å². The molecule has 0 saturated heterocycles. The average Bonchev–Trinajstić information content (AvgIpc) is 2.95. The van der Waals surface area contributed by atoms with Crippen LogP contribution >= 0.6 is 0 Å². The number of methoxy groups -OCH3 is 1. The number of nitrogens with one attached hydrogen (secondary N) is 1. The molecule has 44 heavy (non-hydrogen) atoms. The van der Waals surface area contributed by atoms with Crippen molar-refractivity contribution in [1.82, 2.24) is 10.2 Å². The fraction of sp³-hybridized carbons (Fsp3) is 0.944. The van der Waals surface area contributed by atoms with Crippen molar-refractivity contribution in [2.75, 3.05) is 26.7 Å². The van der Waals surface area contributed by atoms with Gasteiger partial charge in [-0.25, -0.2) is 9.59 Å². The van der Waals surface area contributed by atoms with Gasteiger partial charge in [-0.05, 0) is 59.4 Å². The van der Waals surface area contributed by atoms with Crippen molar-refractivity contribution in [1.29, 1.82) is 0 Å². The Labute approximate surface area is 271 Å². The Hall–Kier alpha value is -1.38. The lowest BCUT2D eigenvalue weighted by molar-refractivity contribution is -0.143. The predicted molar refractivity (Wildman–Crippen MR) is 182 cm³/mol. The highest BCUT2D eigenvalue weighted by Gasteiger charge is 2.25. The van der Waals surface area contributed by atoms with Crippen molar-refractivity contribution in [2.45, 2.75) is 193 Å². The maximum atomic E-state index is 12.3. The highest BCUT2D eigenvalue weighted by molar-refractivity contribution is 5.81. The van der Waals surface area contributed by atoms with E-state index in [0.29, 0.717) is 32.5 Å². The number of rotatable bonds is 29. The van der Waals surface area contributed by atoms with Gasteiger partial charge in [0, 0.05) is 13.1 Å². The molecular weight excluding hydrogens is 556 g/mol. The van der Waals surface area contributed by atoms with Gasteiger partial charge in [0.2, 0.25) is 0 Å². The Balaban J connectivity index is 4.76. The number of hydrogen-bond acceptors (Lipinski definition) is 7. The summed E-state index contributed by atoms with van der Waals surface area (Å²) in [7, 11) is 1.32. The monoisotopic (exact) mass is 629 g/mol. The van der Waals surface area contributed by atoms with Gasteiger partial charge in [0.15, 0.2) is 0 Å². The first-order valence-electron chi connectivity index (χ1n) is 18.2. The van der Waals surface area contributed by atoms with Crippen LogP contribution in [-0.2, 0) is 14.3 Å². The van der Waals surface area contributed by atoms with E-state index in [1.54, 1.807) is 20.8 Å². The Kier molecular flexibility index (Phi) is 27.0. The molecule has 0 aromatic carbocycles. The number of alkyl carbamates (subject to hydrolysis) is 1. The molecule has 0 unspecified atom stereocenters. The molecule has 0 aliphatic carbocycles. The molecular formula is C36H72N2O6. The number of aliphatic hydroxyl groups is 2. The van der Waals surface area contributed by atoms with E-state index in [0.717, 1.165) is 44.9 Å². The molecule has 0 saturated carbocycles. The van der Waals surface area contributed by atoms with Crippen molar-refractivity contribution in [3.63, 3.8) is 0 Å². The number of aliphatic hydroxyl groups excluding tert-OH is 2. The summed E-state index contributed by atoms with van der Waals surface area (Å²) < 4.78 is 10.2. The van der Waals surface area contributed by atoms with Crippen LogP contribution in [-0.4, -0.2) is 77.8 Å². The second-order valence-corrected chi connectivity index (χ2v) is 13.8. The molecule has 8 nitrogen and oxygen atoms in total. The second-order valence-electron chi connectivity index (χ2n) is 13.8. The molecule has 0 aromatic rings. The smallest absolute Gasteiger partial charge is 0.408 e. The molecule has 0 rings (SSSR count). The van der Waals surface area contributed by atoms with Crippen molar-refractivity contribution < 1.29 is 29.3 Å². The largest absolute Gasteiger partial charge is 0.467 e. The maximum absolute atomic E-state index is 12.3. The van der Waals surface area contributed by atoms with Crippen molar-refractivity contribution in [3.05, 3.63) is 0 Å². The fourth-order valence-corrected chi connectivity index (χ4v) is 5.59. The van der Waals surface area contributed by atoms with E-state index in [2.05, 4.69) is 24.1 Å². The molecule has 3 atom stereocenters. The average molecular weight is 629 g/mol. The summed E-state index contributed by atoms with van der Waals surface area (Å²) in [6, 6.07) is -0.775. The van der Waals surface area contributed by atoms with Gasteiger partial charge in [-0.15, -0.1) is 0 Å². The number of amides is 1. The van der Waals surface area contributed by atoms with E-state index in [-0.39, 0.29) is 0 Å². The molecule has 0 heterocycles. The van der Waals surface area contributed by atoms with Gasteiger partial charge in [0.1, 0.15) is 11.6 Å². The first-order valence-corrected chi connectivity index (χ1v) is 18.2. The highest BCUT2D eigenvalue weighted by Crippen LogP contribution is 2.15. The molecule has 3 N–H and O–H groups in total. The van der Waals surface area contributed by atoms with E-state index in [1.165, 1.54) is 84.2 Å². The van der Waals surface area contributed by atoms with Gasteiger partial charge in [0.05, 0.1) is 19.3 Å². The van der Waals surface area contributed by atoms with Crippen molar-refractivity contribution in [3.8, 4) is 0 Å². The predicted octanol–water partition coefficient (Wildman–Crippen LogP) is 8.31. The standard InChI is InChI=1S/C36H72N2O6/c1-7-9-11-13-15-17-19-21-25-31(39)29-38(30-32(40)26-22-20-18-16-14-12-10-8-2)28-24-23-27-33(34(41)43-6)37-35(42)44-36(3,4)5/h31-33,39-40H,7-30H2,1-6H3,(H,37,42)/t31-,32-,33-/m0/s1. The summed E-state index contributed by atoms with van der Waals surface area (Å²) in [4.78, 5) is 26.7. The van der Waals surface area contributed by atoms with Crippen LogP contribution in [0.15, 0.2) is 0 Å². The van der Waals surface area contributed by atoms with E-state index in [9.17, 15) is 19.8 Å². The molecule has 0 aromatic heterocycles. The van der Waals surface area contributed by atoms with Crippen LogP contribution in [0.4, 0.5) is 4.79 Å². The number of carbonyl (C=O) groups is 2. The number of hydrogen-bond donors (Lipinski definition) is 3. The summed E-state index contributed by atoms with van der Waals surface area (Å²) in [6.07, 6.45) is 21.8. The number of ether oxygens (including phenoxy) is 2. The maximum Gasteiger partial charge on any atom is 0.408 e. The lowest BCUT2D eigenvalue weighted by atomic mass is 10.0. The Morgan fingerprint density at radius 1 is 0.659 bits per heavy atom. The molecule has 8 heteroatoms. The number of unbranched alkanes of at least 4 members (excludes halogenated alkanes) is 15. The van der Waals surface area contributed by atoms with Crippen molar-refractivity contribution >= 4 is 12.1 Å². The summed E-state index contributed by atoms with van der Waals surface area (Å²) in [6.45, 7) is 11.6. The summed E-state index contributed by atoms with van der Waals surface area (Å²) in [5, 5.41) is 24.3. The van der Waals surface area contributed by atoms with Crippen LogP contribution in [0.2, 0.25) is 0 Å². The molecule has 0 spiro atoms. The van der Waals surface area contributed by atoms with Gasteiger partial charge in [0.25, 0.3) is 0 Å². The summed E-state index contributed by atoms with van der Waals surface area (Å²) in [5.41, 5.74) is -0.657. The van der Waals surface area contributed by atoms with Gasteiger partial charge in [-0.2, -0.15) is 0 Å². The normalized spacial score (nSPS) is 13.9. The minimum Gasteiger partial charge on any atom is -0.467 e. The first-order chi connectivity index (χ1) is 21.0. The van der Waals surface area contributed by atoms with Gasteiger partial charge >= 0.3 is 12.1 Å². The van der Waals surface area contributed by atoms with Crippen LogP contribution in [0, 0.1) is 0 Å². The topological polar surface area (TPSA) is 108 Å². The van der Waals surface area contributed by atoms with E-state index in [4.69, 9.17) is 9.47 Å². The minimum atomic E-state index is -0.775. The Bertz CT molecular complexity index is 656. The Morgan fingerprint density at radius 2 is 1.07 bits per heavy atom. The van der Waals surface area contributed by atoms with E-state index in [1.807, 2.05) is 0 Å². The van der Waals surface area contributed by atoms with E-state index >= 15 is 0 Å². The molecule has 1 amide bonds. The Morgan fingerprint density at radius 3 is 1.48 bits per heavy atom. The lowest BCUT2D eigenvalue weighted by Gasteiger charge is -2.28. The number of esters is 1. The zero-order valence-corrected chi connectivity index (χ0v) is 29.7. The van der Waals surface area contributed by atoms with Crippen LogP contribution in [0.25, 0.3) is 0 Å². The van der Waals surface area contributed by atoms with Crippen LogP contribution in [0.5, 0.6) is 0 Å². The molecule has 262 valence electrons. The van der Waals surface area contributed by atoms with Crippen LogP contribution in [0.3, 0.4) is 0 Å². The zero-order chi connectivity index (χ0) is 33.1. The summed E-state index contributed by atoms with van der Waals surface area (Å²) >= 11 is 0. The SMILES string of the molecule is CCCCCCCCCC[C@H](O)CN(CCCC[C@H](NC(=O)OC(C)(C)C)C(=O)OC)C[C@@H](O)CCCCCCCCCC. The van der Waals surface area contributed by atoms with Crippen molar-refractivity contribution in [2.24, 2.45) is 0 Å². The van der Waals surface area contributed by atoms with E-state index < -0.39 is 35.9 Å². The number of nitrogens with zero attached hydrogens (tertiary/aromatic N) is 1. The van der Waals surface area contributed by atoms with Crippen LogP contribution in [0.1, 0.15) is 169 Å². The third kappa shape index (κ3) is 27.0. The highest BCUT2D eigenvalue weighted by atomic mass is 16.6. The second kappa shape index (κ2) is 27.9. The molecule has 0 aliphatic rings. The van der Waals surface area contributed by atoms with Gasteiger partial charge in [-0.1, -0.05) is 117 Å². The zero-order valence-electron chi connectivity index (χ0n) is 29.7. The lowest BCUT2D eigenvalue weighted by Crippen LogP contribution is -2.44. The van der Waals surface area contributed by atoms with Gasteiger partial charge in [-0.3, -0.25) is 4.90 Å². The number of carbonyl (C=O) groups excluding carboxylic acids is 2. The molecule has 0 aliphatic heterocycles. The third-order valence-corrected chi connectivity index (χ3v) is 8.11. The quantitative estimate of drug-likeness (QED) is 0.0565. The third-order valence-electron chi connectivity index (χ3n) is 8.11. The minimum absolute atomic E-state index is 0.415. The first kappa shape index (κ1) is 42.6. The summed E-state index contributed by atoms with van der Waals surface area (Å²) in [5.74, 6) is -0.491.